The normalized spacial score (nSPS) is 11.7. The fourth-order valence-electron chi connectivity index (χ4n) is 3.22. The molecule has 2 aromatic carbocycles. The van der Waals surface area contributed by atoms with Gasteiger partial charge in [0.15, 0.2) is 17.5 Å². The number of benzene rings is 2. The van der Waals surface area contributed by atoms with Crippen molar-refractivity contribution in [2.75, 3.05) is 25.6 Å². The lowest BCUT2D eigenvalue weighted by Crippen LogP contribution is -2.38. The van der Waals surface area contributed by atoms with Crippen LogP contribution in [-0.4, -0.2) is 32.1 Å². The predicted molar refractivity (Wildman–Crippen MR) is 146 cm³/mol. The van der Waals surface area contributed by atoms with Crippen LogP contribution in [0.25, 0.3) is 0 Å². The van der Waals surface area contributed by atoms with Gasteiger partial charge in [-0.15, -0.1) is 24.0 Å². The maximum Gasteiger partial charge on any atom is 0.224 e. The number of rotatable bonds is 11. The van der Waals surface area contributed by atoms with E-state index in [-0.39, 0.29) is 35.9 Å². The van der Waals surface area contributed by atoms with Gasteiger partial charge < -0.3 is 25.4 Å². The lowest BCUT2D eigenvalue weighted by Gasteiger charge is -2.20. The van der Waals surface area contributed by atoms with Crippen molar-refractivity contribution >= 4 is 41.5 Å². The summed E-state index contributed by atoms with van der Waals surface area (Å²) >= 11 is 0. The molecule has 0 fully saturated rings. The SMILES string of the molecule is CCCC(=O)Nc1cccc(CNC(=NC)NC(C)c2ccc(OCC)c(OCC)c2)c1.I. The minimum atomic E-state index is 0. The van der Waals surface area contributed by atoms with Gasteiger partial charge in [0.05, 0.1) is 19.3 Å². The van der Waals surface area contributed by atoms with Crippen LogP contribution in [0.1, 0.15) is 57.7 Å². The second kappa shape index (κ2) is 15.4. The van der Waals surface area contributed by atoms with Gasteiger partial charge in [0.2, 0.25) is 5.91 Å². The van der Waals surface area contributed by atoms with Crippen LogP contribution in [0.2, 0.25) is 0 Å². The molecular formula is C25H37IN4O3. The smallest absolute Gasteiger partial charge is 0.224 e. The Morgan fingerprint density at radius 3 is 2.42 bits per heavy atom. The zero-order valence-corrected chi connectivity index (χ0v) is 22.6. The molecule has 33 heavy (non-hydrogen) atoms. The molecule has 2 rings (SSSR count). The number of aliphatic imine (C=N–C) groups is 1. The van der Waals surface area contributed by atoms with Gasteiger partial charge in [-0.3, -0.25) is 9.79 Å². The van der Waals surface area contributed by atoms with E-state index >= 15 is 0 Å². The summed E-state index contributed by atoms with van der Waals surface area (Å²) in [5, 5.41) is 9.68. The Labute approximate surface area is 214 Å². The molecule has 2 aromatic rings. The van der Waals surface area contributed by atoms with E-state index in [2.05, 4.69) is 27.9 Å². The van der Waals surface area contributed by atoms with Crippen LogP contribution in [0.15, 0.2) is 47.5 Å². The quantitative estimate of drug-likeness (QED) is 0.196. The van der Waals surface area contributed by atoms with E-state index in [0.29, 0.717) is 32.1 Å². The number of halogens is 1. The second-order valence-corrected chi connectivity index (χ2v) is 7.36. The summed E-state index contributed by atoms with van der Waals surface area (Å²) in [4.78, 5) is 16.2. The first-order valence-electron chi connectivity index (χ1n) is 11.3. The molecule has 1 atom stereocenters. The third kappa shape index (κ3) is 9.49. The van der Waals surface area contributed by atoms with Crippen LogP contribution in [0.5, 0.6) is 11.5 Å². The van der Waals surface area contributed by atoms with Crippen molar-refractivity contribution in [3.05, 3.63) is 53.6 Å². The molecule has 0 aliphatic carbocycles. The first-order valence-corrected chi connectivity index (χ1v) is 11.3. The Bertz CT molecular complexity index is 905. The maximum absolute atomic E-state index is 11.8. The van der Waals surface area contributed by atoms with Crippen LogP contribution < -0.4 is 25.4 Å². The molecule has 0 saturated carbocycles. The summed E-state index contributed by atoms with van der Waals surface area (Å²) in [6.45, 7) is 9.72. The third-order valence-corrected chi connectivity index (χ3v) is 4.79. The van der Waals surface area contributed by atoms with Crippen molar-refractivity contribution < 1.29 is 14.3 Å². The van der Waals surface area contributed by atoms with Gasteiger partial charge in [-0.2, -0.15) is 0 Å². The van der Waals surface area contributed by atoms with Gasteiger partial charge in [-0.1, -0.05) is 25.1 Å². The van der Waals surface area contributed by atoms with Crippen molar-refractivity contribution in [2.24, 2.45) is 4.99 Å². The van der Waals surface area contributed by atoms with E-state index in [0.717, 1.165) is 34.7 Å². The monoisotopic (exact) mass is 568 g/mol. The fraction of sp³-hybridized carbons (Fsp3) is 0.440. The van der Waals surface area contributed by atoms with E-state index in [9.17, 15) is 4.79 Å². The maximum atomic E-state index is 11.8. The molecule has 8 heteroatoms. The Morgan fingerprint density at radius 1 is 1.03 bits per heavy atom. The predicted octanol–water partition coefficient (Wildman–Crippen LogP) is 5.27. The van der Waals surface area contributed by atoms with Gasteiger partial charge in [0.25, 0.3) is 0 Å². The van der Waals surface area contributed by atoms with Gasteiger partial charge in [0, 0.05) is 25.7 Å². The molecule has 0 aliphatic rings. The van der Waals surface area contributed by atoms with Crippen molar-refractivity contribution in [1.29, 1.82) is 0 Å². The van der Waals surface area contributed by atoms with E-state index in [1.165, 1.54) is 0 Å². The molecule has 0 heterocycles. The largest absolute Gasteiger partial charge is 0.490 e. The molecule has 3 N–H and O–H groups in total. The van der Waals surface area contributed by atoms with Crippen molar-refractivity contribution in [3.63, 3.8) is 0 Å². The molecule has 0 radical (unpaired) electrons. The van der Waals surface area contributed by atoms with Crippen molar-refractivity contribution in [2.45, 2.75) is 53.1 Å². The Kier molecular flexibility index (Phi) is 13.3. The number of amides is 1. The molecule has 1 amide bonds. The Balaban J connectivity index is 0.00000544. The number of hydrogen-bond acceptors (Lipinski definition) is 4. The molecule has 0 aliphatic heterocycles. The van der Waals surface area contributed by atoms with Gasteiger partial charge in [0.1, 0.15) is 0 Å². The summed E-state index contributed by atoms with van der Waals surface area (Å²) in [5.74, 6) is 2.21. The lowest BCUT2D eigenvalue weighted by molar-refractivity contribution is -0.116. The highest BCUT2D eigenvalue weighted by molar-refractivity contribution is 14.0. The average Bonchev–Trinajstić information content (AvgIpc) is 2.78. The highest BCUT2D eigenvalue weighted by atomic mass is 127. The van der Waals surface area contributed by atoms with Crippen LogP contribution in [0.4, 0.5) is 5.69 Å². The van der Waals surface area contributed by atoms with Gasteiger partial charge in [-0.25, -0.2) is 0 Å². The average molecular weight is 569 g/mol. The van der Waals surface area contributed by atoms with Crippen LogP contribution in [-0.2, 0) is 11.3 Å². The molecule has 182 valence electrons. The molecule has 0 aromatic heterocycles. The molecule has 7 nitrogen and oxygen atoms in total. The number of nitrogens with one attached hydrogen (secondary N) is 3. The van der Waals surface area contributed by atoms with Gasteiger partial charge >= 0.3 is 0 Å². The first-order chi connectivity index (χ1) is 15.5. The standard InChI is InChI=1S/C25H36N4O3.HI/c1-6-10-24(30)29-21-12-9-11-19(15-21)17-27-25(26-5)28-18(4)20-13-14-22(31-7-2)23(16-20)32-8-3;/h9,11-16,18H,6-8,10,17H2,1-5H3,(H,29,30)(H2,26,27,28);1H. The highest BCUT2D eigenvalue weighted by Crippen LogP contribution is 2.30. The summed E-state index contributed by atoms with van der Waals surface area (Å²) < 4.78 is 11.4. The summed E-state index contributed by atoms with van der Waals surface area (Å²) in [5.41, 5.74) is 2.92. The number of hydrogen-bond donors (Lipinski definition) is 3. The minimum Gasteiger partial charge on any atom is -0.490 e. The lowest BCUT2D eigenvalue weighted by atomic mass is 10.1. The fourth-order valence-corrected chi connectivity index (χ4v) is 3.22. The summed E-state index contributed by atoms with van der Waals surface area (Å²) in [6.07, 6.45) is 1.35. The number of anilines is 1. The molecule has 0 bridgehead atoms. The van der Waals surface area contributed by atoms with Crippen LogP contribution in [0, 0.1) is 0 Å². The summed E-state index contributed by atoms with van der Waals surface area (Å²) in [6, 6.07) is 13.8. The van der Waals surface area contributed by atoms with E-state index in [4.69, 9.17) is 9.47 Å². The molecule has 0 saturated heterocycles. The minimum absolute atomic E-state index is 0. The van der Waals surface area contributed by atoms with Crippen LogP contribution in [0.3, 0.4) is 0 Å². The summed E-state index contributed by atoms with van der Waals surface area (Å²) in [7, 11) is 1.74. The first kappa shape index (κ1) is 28.5. The number of ether oxygens (including phenoxy) is 2. The number of guanidine groups is 1. The van der Waals surface area contributed by atoms with Crippen molar-refractivity contribution in [1.82, 2.24) is 10.6 Å². The molecule has 1 unspecified atom stereocenters. The Hall–Kier alpha value is -2.49. The Morgan fingerprint density at radius 2 is 1.76 bits per heavy atom. The van der Waals surface area contributed by atoms with E-state index < -0.39 is 0 Å². The number of nitrogens with zero attached hydrogens (tertiary/aromatic N) is 1. The third-order valence-electron chi connectivity index (χ3n) is 4.79. The second-order valence-electron chi connectivity index (χ2n) is 7.36. The van der Waals surface area contributed by atoms with Crippen LogP contribution >= 0.6 is 24.0 Å². The zero-order valence-electron chi connectivity index (χ0n) is 20.2. The molecule has 0 spiro atoms. The van der Waals surface area contributed by atoms with Crippen molar-refractivity contribution in [3.8, 4) is 11.5 Å². The zero-order chi connectivity index (χ0) is 23.3. The van der Waals surface area contributed by atoms with E-state index in [1.54, 1.807) is 7.05 Å². The van der Waals surface area contributed by atoms with Gasteiger partial charge in [-0.05, 0) is 62.6 Å². The number of carbonyl (C=O) groups excluding carboxylic acids is 1. The molecular weight excluding hydrogens is 531 g/mol. The topological polar surface area (TPSA) is 84.0 Å². The highest BCUT2D eigenvalue weighted by Gasteiger charge is 2.12. The van der Waals surface area contributed by atoms with E-state index in [1.807, 2.05) is 63.2 Å². The number of carbonyl (C=O) groups is 1.